The molecule has 9 heteroatoms. The minimum Gasteiger partial charge on any atom is -0.363 e. The first-order valence-corrected chi connectivity index (χ1v) is 9.98. The maximum atomic E-state index is 13.3. The number of aromatic nitrogens is 2. The van der Waals surface area contributed by atoms with Crippen LogP contribution in [0.3, 0.4) is 0 Å². The van der Waals surface area contributed by atoms with Crippen LogP contribution in [0.15, 0.2) is 66.0 Å². The average molecular weight is 404 g/mol. The van der Waals surface area contributed by atoms with E-state index in [4.69, 9.17) is 0 Å². The summed E-state index contributed by atoms with van der Waals surface area (Å²) in [6.45, 7) is 2.02. The molecular formula is C19H18F2N4O2S. The maximum absolute atomic E-state index is 13.3. The summed E-state index contributed by atoms with van der Waals surface area (Å²) in [5, 5.41) is 3.24. The van der Waals surface area contributed by atoms with Gasteiger partial charge in [-0.3, -0.25) is 9.71 Å². The highest BCUT2D eigenvalue weighted by molar-refractivity contribution is 7.92. The van der Waals surface area contributed by atoms with Crippen LogP contribution >= 0.6 is 0 Å². The fourth-order valence-corrected chi connectivity index (χ4v) is 3.59. The van der Waals surface area contributed by atoms with Gasteiger partial charge in [0.25, 0.3) is 10.0 Å². The lowest BCUT2D eigenvalue weighted by molar-refractivity contribution is 0.509. The number of rotatable bonds is 7. The molecule has 2 N–H and O–H groups in total. The molecule has 2 aromatic heterocycles. The first-order chi connectivity index (χ1) is 13.4. The summed E-state index contributed by atoms with van der Waals surface area (Å²) in [5.41, 5.74) is 0.959. The van der Waals surface area contributed by atoms with E-state index in [-0.39, 0.29) is 16.6 Å². The van der Waals surface area contributed by atoms with E-state index in [0.29, 0.717) is 5.82 Å². The van der Waals surface area contributed by atoms with Gasteiger partial charge in [0.15, 0.2) is 11.6 Å². The van der Waals surface area contributed by atoms with Crippen LogP contribution in [0, 0.1) is 11.6 Å². The Morgan fingerprint density at radius 3 is 2.39 bits per heavy atom. The quantitative estimate of drug-likeness (QED) is 0.619. The van der Waals surface area contributed by atoms with E-state index in [1.54, 1.807) is 18.5 Å². The molecule has 0 aliphatic heterocycles. The predicted molar refractivity (Wildman–Crippen MR) is 102 cm³/mol. The van der Waals surface area contributed by atoms with Gasteiger partial charge in [-0.25, -0.2) is 22.2 Å². The molecule has 1 aromatic carbocycles. The summed E-state index contributed by atoms with van der Waals surface area (Å²) in [4.78, 5) is 8.05. The van der Waals surface area contributed by atoms with Crippen molar-refractivity contribution in [1.82, 2.24) is 9.97 Å². The van der Waals surface area contributed by atoms with Crippen molar-refractivity contribution in [3.8, 4) is 0 Å². The number of hydrogen-bond acceptors (Lipinski definition) is 5. The molecule has 146 valence electrons. The van der Waals surface area contributed by atoms with Crippen molar-refractivity contribution >= 4 is 21.5 Å². The minimum absolute atomic E-state index is 0.00160. The molecule has 0 aliphatic carbocycles. The molecule has 0 amide bonds. The molecule has 0 fully saturated rings. The maximum Gasteiger partial charge on any atom is 0.263 e. The first-order valence-electron chi connectivity index (χ1n) is 8.49. The molecule has 0 spiro atoms. The molecule has 1 atom stereocenters. The SMILES string of the molecule is CCC(Nc1ccc(S(=O)(=O)Nc2ccc(F)c(F)c2)cn1)c1ccncc1. The smallest absolute Gasteiger partial charge is 0.263 e. The second kappa shape index (κ2) is 8.30. The van der Waals surface area contributed by atoms with Gasteiger partial charge in [0.2, 0.25) is 0 Å². The van der Waals surface area contributed by atoms with Gasteiger partial charge in [-0.05, 0) is 48.4 Å². The van der Waals surface area contributed by atoms with Crippen molar-refractivity contribution in [3.63, 3.8) is 0 Å². The first kappa shape index (κ1) is 19.7. The minimum atomic E-state index is -3.98. The van der Waals surface area contributed by atoms with Gasteiger partial charge < -0.3 is 5.32 Å². The topological polar surface area (TPSA) is 84.0 Å². The van der Waals surface area contributed by atoms with E-state index in [1.165, 1.54) is 12.3 Å². The van der Waals surface area contributed by atoms with Crippen LogP contribution in [0.4, 0.5) is 20.3 Å². The molecule has 0 saturated heterocycles. The predicted octanol–water partition coefficient (Wildman–Crippen LogP) is 4.12. The van der Waals surface area contributed by atoms with Gasteiger partial charge in [-0.15, -0.1) is 0 Å². The van der Waals surface area contributed by atoms with Gasteiger partial charge in [-0.2, -0.15) is 0 Å². The van der Waals surface area contributed by atoms with E-state index in [1.807, 2.05) is 19.1 Å². The zero-order valence-corrected chi connectivity index (χ0v) is 15.7. The summed E-state index contributed by atoms with van der Waals surface area (Å²) in [7, 11) is -3.98. The molecule has 0 saturated carbocycles. The molecule has 28 heavy (non-hydrogen) atoms. The zero-order chi connectivity index (χ0) is 20.1. The number of halogens is 2. The molecular weight excluding hydrogens is 386 g/mol. The number of nitrogens with zero attached hydrogens (tertiary/aromatic N) is 2. The Kier molecular flexibility index (Phi) is 5.84. The van der Waals surface area contributed by atoms with E-state index >= 15 is 0 Å². The Bertz CT molecular complexity index is 1050. The Morgan fingerprint density at radius 2 is 1.79 bits per heavy atom. The third-order valence-corrected chi connectivity index (χ3v) is 5.42. The number of sulfonamides is 1. The van der Waals surface area contributed by atoms with E-state index in [9.17, 15) is 17.2 Å². The Morgan fingerprint density at radius 1 is 1.04 bits per heavy atom. The third-order valence-electron chi connectivity index (χ3n) is 4.06. The molecule has 3 rings (SSSR count). The van der Waals surface area contributed by atoms with Crippen molar-refractivity contribution in [1.29, 1.82) is 0 Å². The van der Waals surface area contributed by atoms with Crippen molar-refractivity contribution in [3.05, 3.63) is 78.3 Å². The van der Waals surface area contributed by atoms with E-state index < -0.39 is 21.7 Å². The van der Waals surface area contributed by atoms with Crippen LogP contribution in [-0.4, -0.2) is 18.4 Å². The monoisotopic (exact) mass is 404 g/mol. The zero-order valence-electron chi connectivity index (χ0n) is 14.9. The highest BCUT2D eigenvalue weighted by Gasteiger charge is 2.17. The Labute approximate surface area is 161 Å². The lowest BCUT2D eigenvalue weighted by atomic mass is 10.1. The van der Waals surface area contributed by atoms with Crippen molar-refractivity contribution in [2.24, 2.45) is 0 Å². The van der Waals surface area contributed by atoms with Gasteiger partial charge in [0, 0.05) is 24.7 Å². The fraction of sp³-hybridized carbons (Fsp3) is 0.158. The summed E-state index contributed by atoms with van der Waals surface area (Å²) >= 11 is 0. The van der Waals surface area contributed by atoms with Crippen LogP contribution in [-0.2, 0) is 10.0 Å². The lowest BCUT2D eigenvalue weighted by Gasteiger charge is -2.18. The Hall–Kier alpha value is -3.07. The van der Waals surface area contributed by atoms with Crippen LogP contribution < -0.4 is 10.0 Å². The highest BCUT2D eigenvalue weighted by Crippen LogP contribution is 2.22. The normalized spacial score (nSPS) is 12.4. The molecule has 0 bridgehead atoms. The molecule has 6 nitrogen and oxygen atoms in total. The standard InChI is InChI=1S/C19H18F2N4O2S/c1-2-18(13-7-9-22-10-8-13)24-19-6-4-15(12-23-19)28(26,27)25-14-3-5-16(20)17(21)11-14/h3-12,18,25H,2H2,1H3,(H,23,24). The van der Waals surface area contributed by atoms with Crippen molar-refractivity contribution in [2.75, 3.05) is 10.0 Å². The van der Waals surface area contributed by atoms with Crippen LogP contribution in [0.5, 0.6) is 0 Å². The van der Waals surface area contributed by atoms with Crippen LogP contribution in [0.2, 0.25) is 0 Å². The molecule has 2 heterocycles. The second-order valence-corrected chi connectivity index (χ2v) is 7.68. The van der Waals surface area contributed by atoms with E-state index in [2.05, 4.69) is 20.0 Å². The molecule has 0 radical (unpaired) electrons. The number of anilines is 2. The fourth-order valence-electron chi connectivity index (χ4n) is 2.59. The lowest BCUT2D eigenvalue weighted by Crippen LogP contribution is -2.14. The van der Waals surface area contributed by atoms with Gasteiger partial charge in [0.05, 0.1) is 11.7 Å². The van der Waals surface area contributed by atoms with Crippen molar-refractivity contribution < 1.29 is 17.2 Å². The second-order valence-electron chi connectivity index (χ2n) is 6.00. The third kappa shape index (κ3) is 4.61. The van der Waals surface area contributed by atoms with Crippen molar-refractivity contribution in [2.45, 2.75) is 24.3 Å². The summed E-state index contributed by atoms with van der Waals surface area (Å²) in [6, 6.07) is 9.48. The highest BCUT2D eigenvalue weighted by atomic mass is 32.2. The van der Waals surface area contributed by atoms with Gasteiger partial charge in [-0.1, -0.05) is 6.92 Å². The largest absolute Gasteiger partial charge is 0.363 e. The van der Waals surface area contributed by atoms with Crippen LogP contribution in [0.25, 0.3) is 0 Å². The van der Waals surface area contributed by atoms with E-state index in [0.717, 1.165) is 30.2 Å². The molecule has 0 aliphatic rings. The number of benzene rings is 1. The number of hydrogen-bond donors (Lipinski definition) is 2. The average Bonchev–Trinajstić information content (AvgIpc) is 2.70. The van der Waals surface area contributed by atoms with Gasteiger partial charge in [0.1, 0.15) is 10.7 Å². The van der Waals surface area contributed by atoms with Gasteiger partial charge >= 0.3 is 0 Å². The van der Waals surface area contributed by atoms with Crippen LogP contribution in [0.1, 0.15) is 24.9 Å². The Balaban J connectivity index is 1.74. The number of nitrogens with one attached hydrogen (secondary N) is 2. The molecule has 3 aromatic rings. The summed E-state index contributed by atoms with van der Waals surface area (Å²) in [6.07, 6.45) is 5.40. The summed E-state index contributed by atoms with van der Waals surface area (Å²) < 4.78 is 53.3. The molecule has 1 unspecified atom stereocenters. The summed E-state index contributed by atoms with van der Waals surface area (Å²) in [5.74, 6) is -1.69. The number of pyridine rings is 2.